The lowest BCUT2D eigenvalue weighted by Gasteiger charge is -2.11. The van der Waals surface area contributed by atoms with Gasteiger partial charge in [0.15, 0.2) is 11.5 Å². The third-order valence-corrected chi connectivity index (χ3v) is 4.15. The molecule has 0 spiro atoms. The molecule has 0 fully saturated rings. The summed E-state index contributed by atoms with van der Waals surface area (Å²) in [6.07, 6.45) is 1.74. The Bertz CT molecular complexity index is 882. The second-order valence-electron chi connectivity index (χ2n) is 5.56. The summed E-state index contributed by atoms with van der Waals surface area (Å²) in [7, 11) is 1.63. The summed E-state index contributed by atoms with van der Waals surface area (Å²) in [6, 6.07) is 23.5. The molecule has 26 heavy (non-hydrogen) atoms. The molecule has 132 valence electrons. The predicted octanol–water partition coefficient (Wildman–Crippen LogP) is 5.48. The van der Waals surface area contributed by atoms with Crippen molar-refractivity contribution < 1.29 is 9.47 Å². The maximum Gasteiger partial charge on any atom is 0.161 e. The lowest BCUT2D eigenvalue weighted by Crippen LogP contribution is -1.98. The van der Waals surface area contributed by atoms with Crippen molar-refractivity contribution in [2.24, 2.45) is 5.10 Å². The summed E-state index contributed by atoms with van der Waals surface area (Å²) in [6.45, 7) is 0.471. The van der Waals surface area contributed by atoms with Crippen molar-refractivity contribution in [2.75, 3.05) is 12.5 Å². The van der Waals surface area contributed by atoms with Gasteiger partial charge in [0.2, 0.25) is 0 Å². The van der Waals surface area contributed by atoms with E-state index in [1.807, 2.05) is 72.8 Å². The fourth-order valence-electron chi connectivity index (χ4n) is 2.37. The molecular weight excluding hydrogens is 392 g/mol. The number of nitrogens with zero attached hydrogens (tertiary/aromatic N) is 1. The van der Waals surface area contributed by atoms with E-state index in [2.05, 4.69) is 26.5 Å². The second kappa shape index (κ2) is 9.06. The molecule has 0 aromatic heterocycles. The van der Waals surface area contributed by atoms with Gasteiger partial charge in [0.05, 0.1) is 19.0 Å². The van der Waals surface area contributed by atoms with Gasteiger partial charge in [-0.1, -0.05) is 46.3 Å². The topological polar surface area (TPSA) is 42.8 Å². The molecule has 0 saturated carbocycles. The fourth-order valence-corrected chi connectivity index (χ4v) is 2.81. The van der Waals surface area contributed by atoms with Crippen LogP contribution in [0, 0.1) is 0 Å². The molecule has 3 aromatic carbocycles. The van der Waals surface area contributed by atoms with E-state index < -0.39 is 0 Å². The van der Waals surface area contributed by atoms with Crippen molar-refractivity contribution >= 4 is 27.8 Å². The van der Waals surface area contributed by atoms with Crippen LogP contribution in [0.15, 0.2) is 82.4 Å². The molecule has 0 aliphatic rings. The van der Waals surface area contributed by atoms with Crippen LogP contribution in [0.25, 0.3) is 0 Å². The van der Waals surface area contributed by atoms with E-state index in [1.54, 1.807) is 13.3 Å². The van der Waals surface area contributed by atoms with Crippen molar-refractivity contribution in [1.82, 2.24) is 0 Å². The van der Waals surface area contributed by atoms with Crippen LogP contribution >= 0.6 is 15.9 Å². The number of benzene rings is 3. The Hall–Kier alpha value is -2.79. The van der Waals surface area contributed by atoms with Gasteiger partial charge in [0, 0.05) is 4.47 Å². The average Bonchev–Trinajstić information content (AvgIpc) is 2.67. The third-order valence-electron chi connectivity index (χ3n) is 3.65. The van der Waals surface area contributed by atoms with Crippen molar-refractivity contribution in [3.8, 4) is 11.5 Å². The molecule has 0 unspecified atom stereocenters. The summed E-state index contributed by atoms with van der Waals surface area (Å²) in [5.41, 5.74) is 5.92. The van der Waals surface area contributed by atoms with Gasteiger partial charge >= 0.3 is 0 Å². The van der Waals surface area contributed by atoms with E-state index in [9.17, 15) is 0 Å². The monoisotopic (exact) mass is 410 g/mol. The highest BCUT2D eigenvalue weighted by atomic mass is 79.9. The Labute approximate surface area is 161 Å². The highest BCUT2D eigenvalue weighted by molar-refractivity contribution is 9.10. The highest BCUT2D eigenvalue weighted by Gasteiger charge is 2.06. The minimum absolute atomic E-state index is 0.471. The van der Waals surface area contributed by atoms with E-state index in [1.165, 1.54) is 0 Å². The first-order valence-electron chi connectivity index (χ1n) is 8.14. The number of hydrazone groups is 1. The summed E-state index contributed by atoms with van der Waals surface area (Å²) < 4.78 is 12.4. The summed E-state index contributed by atoms with van der Waals surface area (Å²) >= 11 is 3.47. The van der Waals surface area contributed by atoms with Gasteiger partial charge in [-0.3, -0.25) is 5.43 Å². The van der Waals surface area contributed by atoms with Crippen LogP contribution in [-0.2, 0) is 6.61 Å². The van der Waals surface area contributed by atoms with Gasteiger partial charge in [-0.15, -0.1) is 0 Å². The van der Waals surface area contributed by atoms with Gasteiger partial charge in [-0.2, -0.15) is 5.10 Å². The molecular formula is C21H19BrN2O2. The molecule has 0 aliphatic heterocycles. The van der Waals surface area contributed by atoms with E-state index in [-0.39, 0.29) is 0 Å². The number of nitrogens with one attached hydrogen (secondary N) is 1. The van der Waals surface area contributed by atoms with Gasteiger partial charge in [-0.05, 0) is 53.6 Å². The largest absolute Gasteiger partial charge is 0.493 e. The predicted molar refractivity (Wildman–Crippen MR) is 109 cm³/mol. The lowest BCUT2D eigenvalue weighted by molar-refractivity contribution is 0.284. The Morgan fingerprint density at radius 2 is 1.81 bits per heavy atom. The maximum absolute atomic E-state index is 5.89. The Morgan fingerprint density at radius 3 is 2.58 bits per heavy atom. The minimum atomic E-state index is 0.471. The first-order chi connectivity index (χ1) is 12.7. The Balaban J connectivity index is 1.65. The number of halogens is 1. The first kappa shape index (κ1) is 18.0. The zero-order valence-electron chi connectivity index (χ0n) is 14.4. The minimum Gasteiger partial charge on any atom is -0.493 e. The smallest absolute Gasteiger partial charge is 0.161 e. The molecule has 1 N–H and O–H groups in total. The number of methoxy groups -OCH3 is 1. The summed E-state index contributed by atoms with van der Waals surface area (Å²) in [4.78, 5) is 0. The van der Waals surface area contributed by atoms with Crippen LogP contribution in [0.2, 0.25) is 0 Å². The third kappa shape index (κ3) is 5.10. The second-order valence-corrected chi connectivity index (χ2v) is 6.48. The number of hydrogen-bond donors (Lipinski definition) is 1. The Morgan fingerprint density at radius 1 is 0.962 bits per heavy atom. The Kier molecular flexibility index (Phi) is 6.28. The van der Waals surface area contributed by atoms with Crippen LogP contribution in [-0.4, -0.2) is 13.3 Å². The highest BCUT2D eigenvalue weighted by Crippen LogP contribution is 2.28. The van der Waals surface area contributed by atoms with Crippen molar-refractivity contribution in [1.29, 1.82) is 0 Å². The SMILES string of the molecule is COc1cc(C=NNc2ccccc2)ccc1OCc1cccc(Br)c1. The number of anilines is 1. The normalized spacial score (nSPS) is 10.7. The van der Waals surface area contributed by atoms with Gasteiger partial charge in [-0.25, -0.2) is 0 Å². The first-order valence-corrected chi connectivity index (χ1v) is 8.93. The number of rotatable bonds is 7. The molecule has 3 rings (SSSR count). The van der Waals surface area contributed by atoms with Crippen molar-refractivity contribution in [3.05, 3.63) is 88.4 Å². The molecule has 4 nitrogen and oxygen atoms in total. The number of ether oxygens (including phenoxy) is 2. The molecule has 0 amide bonds. The van der Waals surface area contributed by atoms with Gasteiger partial charge < -0.3 is 9.47 Å². The van der Waals surface area contributed by atoms with Crippen LogP contribution in [0.3, 0.4) is 0 Å². The van der Waals surface area contributed by atoms with Gasteiger partial charge in [0.1, 0.15) is 6.61 Å². The molecule has 5 heteroatoms. The zero-order chi connectivity index (χ0) is 18.2. The van der Waals surface area contributed by atoms with E-state index in [0.717, 1.165) is 21.3 Å². The lowest BCUT2D eigenvalue weighted by atomic mass is 10.2. The fraction of sp³-hybridized carbons (Fsp3) is 0.0952. The number of hydrogen-bond acceptors (Lipinski definition) is 4. The zero-order valence-corrected chi connectivity index (χ0v) is 15.9. The van der Waals surface area contributed by atoms with E-state index >= 15 is 0 Å². The van der Waals surface area contributed by atoms with Crippen molar-refractivity contribution in [2.45, 2.75) is 6.61 Å². The van der Waals surface area contributed by atoms with Gasteiger partial charge in [0.25, 0.3) is 0 Å². The molecule has 0 aliphatic carbocycles. The number of para-hydroxylation sites is 1. The summed E-state index contributed by atoms with van der Waals surface area (Å²) in [5, 5.41) is 4.24. The van der Waals surface area contributed by atoms with E-state index in [0.29, 0.717) is 18.1 Å². The molecule has 0 radical (unpaired) electrons. The van der Waals surface area contributed by atoms with Crippen molar-refractivity contribution in [3.63, 3.8) is 0 Å². The van der Waals surface area contributed by atoms with Crippen LogP contribution in [0.4, 0.5) is 5.69 Å². The molecule has 3 aromatic rings. The molecule has 0 heterocycles. The van der Waals surface area contributed by atoms with Crippen LogP contribution < -0.4 is 14.9 Å². The van der Waals surface area contributed by atoms with Crippen LogP contribution in [0.5, 0.6) is 11.5 Å². The maximum atomic E-state index is 5.89. The molecule has 0 atom stereocenters. The average molecular weight is 411 g/mol. The molecule has 0 saturated heterocycles. The quantitative estimate of drug-likeness (QED) is 0.414. The van der Waals surface area contributed by atoms with Crippen LogP contribution in [0.1, 0.15) is 11.1 Å². The van der Waals surface area contributed by atoms with E-state index in [4.69, 9.17) is 9.47 Å². The standard InChI is InChI=1S/C21H19BrN2O2/c1-25-21-13-16(14-23-24-19-8-3-2-4-9-19)10-11-20(21)26-15-17-6-5-7-18(22)12-17/h2-14,24H,15H2,1H3. The molecule has 0 bridgehead atoms. The summed E-state index contributed by atoms with van der Waals surface area (Å²) in [5.74, 6) is 1.37.